The Morgan fingerprint density at radius 1 is 0.135 bits per heavy atom. The highest BCUT2D eigenvalue weighted by molar-refractivity contribution is 6.08. The molecule has 0 aromatic heterocycles. The van der Waals surface area contributed by atoms with Crippen LogP contribution in [0.4, 0.5) is 0 Å². The fourth-order valence-corrected chi connectivity index (χ4v) is 25.1. The van der Waals surface area contributed by atoms with Crippen LogP contribution in [0.15, 0.2) is 376 Å². The van der Waals surface area contributed by atoms with Crippen molar-refractivity contribution in [2.75, 3.05) is 0 Å². The fraction of sp³-hybridized carbons (Fsp3) is 0.0794. The molecular weight excluding hydrogens is 1510 g/mol. The van der Waals surface area contributed by atoms with Crippen LogP contribution in [0.25, 0.3) is 43.1 Å². The molecule has 572 valence electrons. The summed E-state index contributed by atoms with van der Waals surface area (Å²) in [6.07, 6.45) is 0. The molecule has 0 heteroatoms. The molecule has 0 N–H and O–H groups in total. The summed E-state index contributed by atoms with van der Waals surface area (Å²) in [6.45, 7) is 4.52. The Morgan fingerprint density at radius 3 is 0.397 bits per heavy atom. The zero-order chi connectivity index (χ0) is 83.1. The second-order valence-electron chi connectivity index (χ2n) is 35.2. The summed E-state index contributed by atoms with van der Waals surface area (Å²) in [5.41, 5.74) is 25.8. The molecule has 0 heterocycles. The van der Waals surface area contributed by atoms with Gasteiger partial charge in [-0.05, 0) is 262 Å². The predicted molar refractivity (Wildman–Crippen MR) is 507 cm³/mol. The van der Waals surface area contributed by atoms with Crippen molar-refractivity contribution < 1.29 is 0 Å². The first kappa shape index (κ1) is 70.2. The lowest BCUT2D eigenvalue weighted by Crippen LogP contribution is -2.50. The lowest BCUT2D eigenvalue weighted by atomic mass is 9.47. The Hall–Kier alpha value is -16.5. The van der Waals surface area contributed by atoms with E-state index in [1.54, 1.807) is 0 Å². The molecule has 0 saturated heterocycles. The minimum Gasteiger partial charge on any atom is -0.0764 e. The van der Waals surface area contributed by atoms with E-state index in [1.807, 2.05) is 0 Å². The summed E-state index contributed by atoms with van der Waals surface area (Å²) >= 11 is 0. The zero-order valence-electron chi connectivity index (χ0n) is 68.8. The van der Waals surface area contributed by atoms with Crippen LogP contribution in [0.3, 0.4) is 0 Å². The van der Waals surface area contributed by atoms with Crippen LogP contribution in [0.2, 0.25) is 0 Å². The number of rotatable bonds is 0. The maximum atomic E-state index is 4.18. The standard InChI is InChI=1S/C126H68/c1-81-87-39-31-35-83-67-75-123-107-55-15-3-43-95(107)119(96-44-4-16-56-108(96)123,97-45-5-17-57-109(97)123)71-27-29-73-121-101-49-9-21-61-113(101)125(114-62-22-10-50-102(114)121,115-63-23-11-51-103(115)121)77-69-85-37-33-41-89-82(2)90-42-34-38-86(94(90)80-93(85)89)70-78-126-116-64-24-12-52-104(116)122(105-53-13-25-65-117(105)126,106-54-14-26-66-118(106)126)74-30-28-72-120-98-46-6-18-58-110(98)124(111-59-19-7-47-99(111)120,112-60-20-8-48-100(112)120)76-68-84-36-32-40-88(81)92(84)79-91(83)87/h3-26,31-66,79-80H,1-2H3. The van der Waals surface area contributed by atoms with Gasteiger partial charge in [0.05, 0.1) is 0 Å². The molecule has 0 nitrogen and oxygen atoms in total. The lowest BCUT2D eigenvalue weighted by molar-refractivity contribution is 0.605. The minimum atomic E-state index is -0.906. The molecule has 13 aliphatic rings. The van der Waals surface area contributed by atoms with Gasteiger partial charge in [0.2, 0.25) is 0 Å². The molecule has 13 aliphatic carbocycles. The zero-order valence-corrected chi connectivity index (χ0v) is 68.8. The quantitative estimate of drug-likeness (QED) is 0.105. The average Bonchev–Trinajstić information content (AvgIpc) is 0.643. The summed E-state index contributed by atoms with van der Waals surface area (Å²) in [6, 6.07) is 138. The van der Waals surface area contributed by atoms with Gasteiger partial charge in [-0.3, -0.25) is 0 Å². The van der Waals surface area contributed by atoms with Gasteiger partial charge in [0.1, 0.15) is 43.3 Å². The summed E-state index contributed by atoms with van der Waals surface area (Å²) in [5.74, 6) is 63.8. The van der Waals surface area contributed by atoms with E-state index in [0.29, 0.717) is 0 Å². The van der Waals surface area contributed by atoms with Crippen LogP contribution >= 0.6 is 0 Å². The van der Waals surface area contributed by atoms with Crippen LogP contribution in [0.1, 0.15) is 167 Å². The van der Waals surface area contributed by atoms with Crippen LogP contribution in [0, 0.1) is 109 Å². The molecule has 0 unspecified atom stereocenters. The Bertz CT molecular complexity index is 7260. The van der Waals surface area contributed by atoms with Crippen molar-refractivity contribution >= 4 is 43.1 Å². The van der Waals surface area contributed by atoms with Gasteiger partial charge in [-0.1, -0.05) is 411 Å². The van der Waals surface area contributed by atoms with E-state index in [2.05, 4.69) is 485 Å². The van der Waals surface area contributed by atoms with E-state index >= 15 is 0 Å². The first-order chi connectivity index (χ1) is 62.2. The van der Waals surface area contributed by atoms with Crippen molar-refractivity contribution in [3.63, 3.8) is 0 Å². The molecule has 0 fully saturated rings. The summed E-state index contributed by atoms with van der Waals surface area (Å²) < 4.78 is 0. The maximum absolute atomic E-state index is 4.18. The fourth-order valence-electron chi connectivity index (χ4n) is 25.1. The number of hydrogen-bond acceptors (Lipinski definition) is 0. The van der Waals surface area contributed by atoms with Gasteiger partial charge in [0.15, 0.2) is 0 Å². The molecule has 0 spiro atoms. The van der Waals surface area contributed by atoms with Crippen molar-refractivity contribution in [1.29, 1.82) is 0 Å². The second kappa shape index (κ2) is 25.1. The van der Waals surface area contributed by atoms with Crippen LogP contribution in [-0.2, 0) is 43.3 Å². The summed E-state index contributed by atoms with van der Waals surface area (Å²) in [7, 11) is 0. The van der Waals surface area contributed by atoms with Crippen LogP contribution < -0.4 is 0 Å². The van der Waals surface area contributed by atoms with Gasteiger partial charge in [0.25, 0.3) is 0 Å². The van der Waals surface area contributed by atoms with E-state index in [9.17, 15) is 0 Å². The first-order valence-corrected chi connectivity index (χ1v) is 43.6. The van der Waals surface area contributed by atoms with Crippen LogP contribution in [-0.4, -0.2) is 0 Å². The largest absolute Gasteiger partial charge is 0.108 e. The van der Waals surface area contributed by atoms with Crippen molar-refractivity contribution in [1.82, 2.24) is 0 Å². The van der Waals surface area contributed by atoms with Crippen LogP contribution in [0.5, 0.6) is 0 Å². The van der Waals surface area contributed by atoms with E-state index < -0.39 is 43.3 Å². The highest BCUT2D eigenvalue weighted by Gasteiger charge is 2.63. The Morgan fingerprint density at radius 2 is 0.262 bits per heavy atom. The molecule has 18 aromatic carbocycles. The van der Waals surface area contributed by atoms with E-state index in [4.69, 9.17) is 0 Å². The third-order valence-corrected chi connectivity index (χ3v) is 30.1. The normalized spacial score (nSPS) is 22.6. The van der Waals surface area contributed by atoms with Crippen molar-refractivity contribution in [2.24, 2.45) is 0 Å². The topological polar surface area (TPSA) is 0 Å². The SMILES string of the molecule is Cc1c2cccc3c2cc2c(cccc12)C#CC12c4ccccc4C(C#CC#CC45c6ccccc6C(C#Cc6cccc7c(C)c8cccc(c8cc67)C#CC67c8ccccc8C(C#CC#CC89c%10ccccc%10C(C#C3)(c3ccccc38)c3ccccc39)(c3ccccc36)c3ccccc37)(c3ccccc34)c3ccccc35)(c3ccccc31)c1ccccc12. The van der Waals surface area contributed by atoms with E-state index in [0.717, 1.165) is 199 Å². The number of aryl methyl sites for hydroxylation is 2. The molecule has 0 saturated carbocycles. The average molecular weight is 1580 g/mol. The van der Waals surface area contributed by atoms with Gasteiger partial charge in [0, 0.05) is 22.3 Å². The maximum Gasteiger partial charge on any atom is 0.108 e. The van der Waals surface area contributed by atoms with Crippen molar-refractivity contribution in [2.45, 2.75) is 57.2 Å². The van der Waals surface area contributed by atoms with Gasteiger partial charge >= 0.3 is 0 Å². The van der Waals surface area contributed by atoms with Crippen molar-refractivity contribution in [3.8, 4) is 94.7 Å². The number of benzene rings is 18. The third-order valence-electron chi connectivity index (χ3n) is 30.1. The van der Waals surface area contributed by atoms with Gasteiger partial charge < -0.3 is 0 Å². The monoisotopic (exact) mass is 1580 g/mol. The molecule has 12 bridgehead atoms. The highest BCUT2D eigenvalue weighted by Crippen LogP contribution is 2.67. The lowest BCUT2D eigenvalue weighted by Gasteiger charge is -2.52. The van der Waals surface area contributed by atoms with E-state index in [-0.39, 0.29) is 0 Å². The molecule has 0 aliphatic heterocycles. The van der Waals surface area contributed by atoms with Gasteiger partial charge in [-0.2, -0.15) is 0 Å². The smallest absolute Gasteiger partial charge is 0.0764 e. The molecule has 18 aromatic rings. The summed E-state index contributed by atoms with van der Waals surface area (Å²) in [5, 5.41) is 8.88. The first-order valence-electron chi connectivity index (χ1n) is 43.6. The Kier molecular flexibility index (Phi) is 14.0. The Balaban J connectivity index is 0.711. The molecule has 0 atom stereocenters. The third kappa shape index (κ3) is 8.37. The highest BCUT2D eigenvalue weighted by atomic mass is 14.6. The molecule has 31 rings (SSSR count). The number of hydrogen-bond donors (Lipinski definition) is 0. The van der Waals surface area contributed by atoms with Gasteiger partial charge in [-0.15, -0.1) is 0 Å². The van der Waals surface area contributed by atoms with Gasteiger partial charge in [-0.25, -0.2) is 0 Å². The summed E-state index contributed by atoms with van der Waals surface area (Å²) in [4.78, 5) is 0. The predicted octanol–water partition coefficient (Wildman–Crippen LogP) is 24.0. The van der Waals surface area contributed by atoms with E-state index in [1.165, 1.54) is 11.1 Å². The van der Waals surface area contributed by atoms with Crippen molar-refractivity contribution in [3.05, 3.63) is 543 Å². The second-order valence-corrected chi connectivity index (χ2v) is 35.2. The Labute approximate surface area is 732 Å². The molecular formula is C126H68. The molecule has 0 amide bonds. The minimum absolute atomic E-state index is 0.880. The molecule has 0 radical (unpaired) electrons. The molecule has 126 heavy (non-hydrogen) atoms.